The van der Waals surface area contributed by atoms with E-state index in [1.54, 1.807) is 26.2 Å². The van der Waals surface area contributed by atoms with Crippen LogP contribution in [0.5, 0.6) is 5.88 Å². The average Bonchev–Trinajstić information content (AvgIpc) is 2.87. The Balaban J connectivity index is 1.42. The maximum atomic E-state index is 5.55. The highest BCUT2D eigenvalue weighted by molar-refractivity contribution is 8.00. The maximum Gasteiger partial charge on any atom is 0.238 e. The summed E-state index contributed by atoms with van der Waals surface area (Å²) in [6.45, 7) is 2.11. The minimum atomic E-state index is 0.439. The number of rotatable bonds is 6. The van der Waals surface area contributed by atoms with Crippen LogP contribution in [0.1, 0.15) is 35.6 Å². The molecule has 5 nitrogen and oxygen atoms in total. The van der Waals surface area contributed by atoms with Crippen LogP contribution in [-0.4, -0.2) is 50.3 Å². The predicted molar refractivity (Wildman–Crippen MR) is 114 cm³/mol. The van der Waals surface area contributed by atoms with Crippen LogP contribution in [-0.2, 0) is 17.6 Å². The van der Waals surface area contributed by atoms with Crippen molar-refractivity contribution < 1.29 is 9.47 Å². The highest BCUT2D eigenvalue weighted by Gasteiger charge is 2.29. The number of likely N-dealkylation sites (N-methyl/N-ethyl adjacent to an activating group) is 1. The number of ether oxygens (including phenoxy) is 2. The number of nitrogens with one attached hydrogen (secondary N) is 1. The fourth-order valence-electron chi connectivity index (χ4n) is 3.91. The number of anilines is 1. The Morgan fingerprint density at radius 1 is 1.11 bits per heavy atom. The van der Waals surface area contributed by atoms with Crippen LogP contribution in [0.3, 0.4) is 0 Å². The molecule has 1 fully saturated rings. The molecule has 1 aromatic carbocycles. The van der Waals surface area contributed by atoms with Gasteiger partial charge in [0.05, 0.1) is 13.2 Å². The Labute approximate surface area is 172 Å². The quantitative estimate of drug-likeness (QED) is 0.737. The molecule has 0 spiro atoms. The van der Waals surface area contributed by atoms with Crippen molar-refractivity contribution in [3.05, 3.63) is 47.2 Å². The lowest BCUT2D eigenvalue weighted by molar-refractivity contribution is 0.0257. The summed E-state index contributed by atoms with van der Waals surface area (Å²) >= 11 is 1.61. The molecule has 0 atom stereocenters. The largest absolute Gasteiger partial charge is 0.479 e. The smallest absolute Gasteiger partial charge is 0.238 e. The molecule has 6 heteroatoms. The standard InChI is InChI=1S/C22H29N3O2S/c1-25-10-8-16-14-21(22(27-3)23-20(16)9-11-25)24-28-19-6-4-15(5-7-19)17-12-18(13-17)26-2/h4-7,14,17-18,24H,8-13H2,1-3H3. The predicted octanol–water partition coefficient (Wildman–Crippen LogP) is 4.13. The van der Waals surface area contributed by atoms with E-state index in [9.17, 15) is 0 Å². The average molecular weight is 400 g/mol. The van der Waals surface area contributed by atoms with Crippen LogP contribution in [0.2, 0.25) is 0 Å². The van der Waals surface area contributed by atoms with Gasteiger partial charge in [0.15, 0.2) is 0 Å². The first-order valence-corrected chi connectivity index (χ1v) is 10.8. The van der Waals surface area contributed by atoms with Crippen LogP contribution in [0.4, 0.5) is 5.69 Å². The molecule has 1 saturated carbocycles. The van der Waals surface area contributed by atoms with Gasteiger partial charge in [-0.3, -0.25) is 0 Å². The number of hydrogen-bond donors (Lipinski definition) is 1. The molecular weight excluding hydrogens is 370 g/mol. The fraction of sp³-hybridized carbons (Fsp3) is 0.500. The molecular formula is C22H29N3O2S. The van der Waals surface area contributed by atoms with Crippen LogP contribution in [0, 0.1) is 0 Å². The van der Waals surface area contributed by atoms with Crippen molar-refractivity contribution >= 4 is 17.6 Å². The van der Waals surface area contributed by atoms with E-state index in [2.05, 4.69) is 47.0 Å². The van der Waals surface area contributed by atoms with Crippen LogP contribution < -0.4 is 9.46 Å². The first-order chi connectivity index (χ1) is 13.7. The molecule has 2 heterocycles. The Bertz CT molecular complexity index is 806. The van der Waals surface area contributed by atoms with E-state index in [0.717, 1.165) is 50.2 Å². The third kappa shape index (κ3) is 4.29. The molecule has 1 aromatic heterocycles. The van der Waals surface area contributed by atoms with Crippen molar-refractivity contribution in [2.45, 2.75) is 42.6 Å². The number of fused-ring (bicyclic) bond motifs is 1. The summed E-state index contributed by atoms with van der Waals surface area (Å²) in [6.07, 6.45) is 4.71. The van der Waals surface area contributed by atoms with E-state index in [4.69, 9.17) is 14.5 Å². The van der Waals surface area contributed by atoms with Gasteiger partial charge >= 0.3 is 0 Å². The minimum absolute atomic E-state index is 0.439. The molecule has 1 aliphatic carbocycles. The third-order valence-electron chi connectivity index (χ3n) is 5.90. The zero-order valence-electron chi connectivity index (χ0n) is 16.9. The Hall–Kier alpha value is -1.76. The second-order valence-electron chi connectivity index (χ2n) is 7.75. The lowest BCUT2D eigenvalue weighted by atomic mass is 9.77. The van der Waals surface area contributed by atoms with E-state index in [1.807, 2.05) is 0 Å². The molecule has 1 N–H and O–H groups in total. The summed E-state index contributed by atoms with van der Waals surface area (Å²) in [5.74, 6) is 1.32. The first-order valence-electron chi connectivity index (χ1n) is 9.97. The highest BCUT2D eigenvalue weighted by atomic mass is 32.2. The van der Waals surface area contributed by atoms with Gasteiger partial charge in [-0.15, -0.1) is 0 Å². The summed E-state index contributed by atoms with van der Waals surface area (Å²) < 4.78 is 14.4. The summed E-state index contributed by atoms with van der Waals surface area (Å²) in [5.41, 5.74) is 4.84. The van der Waals surface area contributed by atoms with Gasteiger partial charge in [-0.05, 0) is 73.5 Å². The molecule has 0 saturated heterocycles. The van der Waals surface area contributed by atoms with E-state index in [1.165, 1.54) is 16.0 Å². The summed E-state index contributed by atoms with van der Waals surface area (Å²) in [7, 11) is 5.66. The second kappa shape index (κ2) is 8.72. The fourth-order valence-corrected chi connectivity index (χ4v) is 4.55. The zero-order chi connectivity index (χ0) is 19.5. The molecule has 28 heavy (non-hydrogen) atoms. The van der Waals surface area contributed by atoms with Crippen molar-refractivity contribution in [3.63, 3.8) is 0 Å². The first kappa shape index (κ1) is 19.6. The number of methoxy groups -OCH3 is 2. The lowest BCUT2D eigenvalue weighted by Crippen LogP contribution is -2.28. The Morgan fingerprint density at radius 3 is 2.57 bits per heavy atom. The van der Waals surface area contributed by atoms with E-state index in [-0.39, 0.29) is 0 Å². The van der Waals surface area contributed by atoms with Crippen LogP contribution in [0.25, 0.3) is 0 Å². The van der Waals surface area contributed by atoms with Gasteiger partial charge in [-0.25, -0.2) is 4.98 Å². The molecule has 0 bridgehead atoms. The Kier molecular flexibility index (Phi) is 6.09. The van der Waals surface area contributed by atoms with Gasteiger partial charge in [0, 0.05) is 37.2 Å². The Morgan fingerprint density at radius 2 is 1.86 bits per heavy atom. The number of hydrogen-bond acceptors (Lipinski definition) is 6. The molecule has 150 valence electrons. The number of nitrogens with zero attached hydrogens (tertiary/aromatic N) is 2. The van der Waals surface area contributed by atoms with Crippen molar-refractivity contribution in [2.75, 3.05) is 39.1 Å². The van der Waals surface area contributed by atoms with Gasteiger partial charge in [0.1, 0.15) is 5.69 Å². The van der Waals surface area contributed by atoms with Gasteiger partial charge < -0.3 is 19.1 Å². The van der Waals surface area contributed by atoms with Crippen molar-refractivity contribution in [2.24, 2.45) is 0 Å². The molecule has 2 aromatic rings. The SMILES string of the molecule is COc1nc2c(cc1NSc1ccc(C3CC(OC)C3)cc1)CCN(C)CC2. The number of aromatic nitrogens is 1. The maximum absolute atomic E-state index is 5.55. The van der Waals surface area contributed by atoms with Crippen molar-refractivity contribution in [3.8, 4) is 5.88 Å². The topological polar surface area (TPSA) is 46.6 Å². The molecule has 4 rings (SSSR count). The van der Waals surface area contributed by atoms with E-state index < -0.39 is 0 Å². The van der Waals surface area contributed by atoms with E-state index >= 15 is 0 Å². The van der Waals surface area contributed by atoms with Gasteiger partial charge in [-0.1, -0.05) is 12.1 Å². The molecule has 2 aliphatic rings. The van der Waals surface area contributed by atoms with Crippen molar-refractivity contribution in [1.29, 1.82) is 0 Å². The summed E-state index contributed by atoms with van der Waals surface area (Å²) in [5, 5.41) is 0. The zero-order valence-corrected chi connectivity index (χ0v) is 17.7. The van der Waals surface area contributed by atoms with Crippen molar-refractivity contribution in [1.82, 2.24) is 9.88 Å². The second-order valence-corrected chi connectivity index (χ2v) is 8.63. The van der Waals surface area contributed by atoms with Crippen LogP contribution in [0.15, 0.2) is 35.2 Å². The van der Waals surface area contributed by atoms with E-state index in [0.29, 0.717) is 17.9 Å². The monoisotopic (exact) mass is 399 g/mol. The van der Waals surface area contributed by atoms with Gasteiger partial charge in [0.2, 0.25) is 5.88 Å². The molecule has 0 amide bonds. The van der Waals surface area contributed by atoms with Gasteiger partial charge in [0.25, 0.3) is 0 Å². The van der Waals surface area contributed by atoms with Crippen LogP contribution >= 0.6 is 11.9 Å². The summed E-state index contributed by atoms with van der Waals surface area (Å²) in [6, 6.07) is 11.1. The van der Waals surface area contributed by atoms with Gasteiger partial charge in [-0.2, -0.15) is 0 Å². The number of pyridine rings is 1. The number of benzene rings is 1. The third-order valence-corrected chi connectivity index (χ3v) is 6.73. The minimum Gasteiger partial charge on any atom is -0.479 e. The molecule has 0 unspecified atom stereocenters. The normalized spacial score (nSPS) is 22.1. The highest BCUT2D eigenvalue weighted by Crippen LogP contribution is 2.39. The molecule has 1 aliphatic heterocycles. The summed E-state index contributed by atoms with van der Waals surface area (Å²) in [4.78, 5) is 8.31. The lowest BCUT2D eigenvalue weighted by Gasteiger charge is -2.34. The molecule has 0 radical (unpaired) electrons.